The van der Waals surface area contributed by atoms with Crippen LogP contribution in [-0.4, -0.2) is 59.8 Å². The van der Waals surface area contributed by atoms with Crippen molar-refractivity contribution in [1.29, 1.82) is 0 Å². The number of hydrogen-bond donors (Lipinski definition) is 1. The third kappa shape index (κ3) is 5.08. The molecule has 0 aliphatic carbocycles. The fourth-order valence-corrected chi connectivity index (χ4v) is 5.61. The summed E-state index contributed by atoms with van der Waals surface area (Å²) < 4.78 is 63.2. The average molecular weight is 611 g/mol. The summed E-state index contributed by atoms with van der Waals surface area (Å²) in [5.41, 5.74) is 1.37. The maximum atomic E-state index is 14.0. The van der Waals surface area contributed by atoms with Gasteiger partial charge in [0, 0.05) is 16.1 Å². The van der Waals surface area contributed by atoms with Crippen molar-refractivity contribution in [3.05, 3.63) is 113 Å². The Kier molecular flexibility index (Phi) is 7.19. The van der Waals surface area contributed by atoms with Gasteiger partial charge in [-0.1, -0.05) is 53.2 Å². The second-order valence-corrected chi connectivity index (χ2v) is 10.5. The maximum Gasteiger partial charge on any atom is 0.194 e. The summed E-state index contributed by atoms with van der Waals surface area (Å²) >= 11 is 6.21. The summed E-state index contributed by atoms with van der Waals surface area (Å²) in [6.07, 6.45) is -1.90. The van der Waals surface area contributed by atoms with Crippen LogP contribution in [0.5, 0.6) is 0 Å². The molecule has 3 aromatic carbocycles. The molecule has 0 spiro atoms. The van der Waals surface area contributed by atoms with Gasteiger partial charge in [0.1, 0.15) is 42.5 Å². The lowest BCUT2D eigenvalue weighted by atomic mass is 9.91. The molecule has 1 unspecified atom stereocenters. The Balaban J connectivity index is 1.28. The van der Waals surface area contributed by atoms with Gasteiger partial charge in [0.25, 0.3) is 0 Å². The molecule has 220 valence electrons. The molecule has 0 radical (unpaired) electrons. The molecule has 5 aromatic rings. The van der Waals surface area contributed by atoms with E-state index >= 15 is 0 Å². The van der Waals surface area contributed by atoms with Crippen LogP contribution in [0.25, 0.3) is 16.9 Å². The summed E-state index contributed by atoms with van der Waals surface area (Å²) in [7, 11) is 0. The predicted molar refractivity (Wildman–Crippen MR) is 144 cm³/mol. The molecule has 2 saturated heterocycles. The lowest BCUT2D eigenvalue weighted by molar-refractivity contribution is -0.319. The Bertz CT molecular complexity index is 1750. The number of ether oxygens (including phenoxy) is 3. The number of aliphatic hydroxyl groups excluding tert-OH is 1. The third-order valence-electron chi connectivity index (χ3n) is 7.43. The summed E-state index contributed by atoms with van der Waals surface area (Å²) in [6.45, 7) is 0.102. The summed E-state index contributed by atoms with van der Waals surface area (Å²) in [5.74, 6) is -4.04. The van der Waals surface area contributed by atoms with Gasteiger partial charge in [0.05, 0.1) is 18.5 Å². The quantitative estimate of drug-likeness (QED) is 0.284. The Morgan fingerprint density at radius 1 is 0.953 bits per heavy atom. The Labute approximate surface area is 247 Å². The number of aliphatic hydroxyl groups is 1. The van der Waals surface area contributed by atoms with Crippen molar-refractivity contribution in [2.24, 2.45) is 0 Å². The average Bonchev–Trinajstić information content (AvgIpc) is 3.70. The normalized spacial score (nSPS) is 25.4. The van der Waals surface area contributed by atoms with E-state index < -0.39 is 54.2 Å². The molecular formula is C29H22ClF3N6O4. The molecule has 2 fully saturated rings. The van der Waals surface area contributed by atoms with Gasteiger partial charge in [0.2, 0.25) is 0 Å². The van der Waals surface area contributed by atoms with Gasteiger partial charge in [-0.25, -0.2) is 27.5 Å². The molecule has 2 aliphatic rings. The van der Waals surface area contributed by atoms with Gasteiger partial charge in [-0.05, 0) is 30.3 Å². The molecule has 4 heterocycles. The van der Waals surface area contributed by atoms with Crippen LogP contribution in [-0.2, 0) is 14.2 Å². The molecule has 14 heteroatoms. The van der Waals surface area contributed by atoms with Crippen molar-refractivity contribution >= 4 is 11.6 Å². The van der Waals surface area contributed by atoms with Crippen LogP contribution in [0.4, 0.5) is 13.2 Å². The maximum absolute atomic E-state index is 14.0. The monoisotopic (exact) mass is 610 g/mol. The molecule has 7 rings (SSSR count). The molecular weight excluding hydrogens is 589 g/mol. The lowest BCUT2D eigenvalue weighted by Crippen LogP contribution is -2.57. The number of fused-ring (bicyclic) bond motifs is 1. The molecule has 2 aliphatic heterocycles. The van der Waals surface area contributed by atoms with E-state index in [1.165, 1.54) is 21.9 Å². The van der Waals surface area contributed by atoms with Crippen molar-refractivity contribution in [2.75, 3.05) is 6.61 Å². The smallest absolute Gasteiger partial charge is 0.194 e. The topological polar surface area (TPSA) is 109 Å². The first-order chi connectivity index (χ1) is 20.9. The number of benzene rings is 3. The van der Waals surface area contributed by atoms with E-state index in [0.29, 0.717) is 10.7 Å². The SMILES string of the molecule is O[C@@H]1[C@@H](n2cc(-c3cc(F)c(F)c(F)c3)nn2)[C@H]2OC(c3ccccc3)OC[C@H]2O[C@H]1c1ncnn1-c1cccc(Cl)c1. The van der Waals surface area contributed by atoms with Crippen LogP contribution in [0.3, 0.4) is 0 Å². The van der Waals surface area contributed by atoms with Crippen molar-refractivity contribution < 1.29 is 32.5 Å². The van der Waals surface area contributed by atoms with E-state index in [-0.39, 0.29) is 23.7 Å². The highest BCUT2D eigenvalue weighted by Gasteiger charge is 2.52. The van der Waals surface area contributed by atoms with Gasteiger partial charge >= 0.3 is 0 Å². The minimum Gasteiger partial charge on any atom is -0.388 e. The molecule has 6 atom stereocenters. The van der Waals surface area contributed by atoms with E-state index in [2.05, 4.69) is 20.4 Å². The van der Waals surface area contributed by atoms with E-state index in [0.717, 1.165) is 17.7 Å². The number of halogens is 4. The molecule has 0 saturated carbocycles. The van der Waals surface area contributed by atoms with Crippen molar-refractivity contribution in [1.82, 2.24) is 29.8 Å². The highest BCUT2D eigenvalue weighted by molar-refractivity contribution is 6.30. The standard InChI is InChI=1S/C29H22ClF3N6O4/c30-17-7-4-8-18(11-17)39-28(34-14-35-39)27-25(40)24(26-22(42-27)13-41-29(43-26)15-5-2-1-3-6-15)38-12-21(36-37-38)16-9-19(31)23(33)20(32)10-16/h1-12,14,22,24-27,29,40H,13H2/t22-,24-,25-,26+,27-,29?/m1/s1. The Morgan fingerprint density at radius 2 is 1.74 bits per heavy atom. The van der Waals surface area contributed by atoms with Crippen LogP contribution in [0.15, 0.2) is 79.3 Å². The molecule has 2 aromatic heterocycles. The van der Waals surface area contributed by atoms with Crippen molar-refractivity contribution in [2.45, 2.75) is 36.7 Å². The lowest BCUT2D eigenvalue weighted by Gasteiger charge is -2.47. The second kappa shape index (κ2) is 11.2. The third-order valence-corrected chi connectivity index (χ3v) is 7.66. The van der Waals surface area contributed by atoms with E-state index in [1.807, 2.05) is 30.3 Å². The largest absolute Gasteiger partial charge is 0.388 e. The van der Waals surface area contributed by atoms with Gasteiger partial charge < -0.3 is 19.3 Å². The van der Waals surface area contributed by atoms with Crippen molar-refractivity contribution in [3.8, 4) is 16.9 Å². The number of nitrogens with zero attached hydrogens (tertiary/aromatic N) is 6. The van der Waals surface area contributed by atoms with Crippen molar-refractivity contribution in [3.63, 3.8) is 0 Å². The first-order valence-corrected chi connectivity index (χ1v) is 13.6. The summed E-state index contributed by atoms with van der Waals surface area (Å²) in [4.78, 5) is 4.38. The highest BCUT2D eigenvalue weighted by Crippen LogP contribution is 2.44. The number of rotatable bonds is 5. The van der Waals surface area contributed by atoms with Crippen LogP contribution in [0.1, 0.15) is 29.8 Å². The molecule has 0 bridgehead atoms. The molecule has 1 N–H and O–H groups in total. The molecule has 43 heavy (non-hydrogen) atoms. The van der Waals surface area contributed by atoms with Crippen LogP contribution < -0.4 is 0 Å². The molecule has 0 amide bonds. The Morgan fingerprint density at radius 3 is 2.51 bits per heavy atom. The summed E-state index contributed by atoms with van der Waals surface area (Å²) in [6, 6.07) is 16.9. The predicted octanol–water partition coefficient (Wildman–Crippen LogP) is 4.75. The van der Waals surface area contributed by atoms with Crippen LogP contribution in [0.2, 0.25) is 5.02 Å². The number of hydrogen-bond acceptors (Lipinski definition) is 8. The van der Waals surface area contributed by atoms with Gasteiger partial charge in [-0.3, -0.25) is 0 Å². The van der Waals surface area contributed by atoms with E-state index in [9.17, 15) is 18.3 Å². The van der Waals surface area contributed by atoms with Gasteiger partial charge in [0.15, 0.2) is 29.6 Å². The Hall–Kier alpha value is -4.14. The van der Waals surface area contributed by atoms with Gasteiger partial charge in [-0.2, -0.15) is 5.10 Å². The van der Waals surface area contributed by atoms with Gasteiger partial charge in [-0.15, -0.1) is 5.10 Å². The minimum absolute atomic E-state index is 0.0342. The van der Waals surface area contributed by atoms with E-state index in [4.69, 9.17) is 25.8 Å². The zero-order valence-electron chi connectivity index (χ0n) is 22.0. The zero-order valence-corrected chi connectivity index (χ0v) is 22.8. The molecule has 10 nitrogen and oxygen atoms in total. The first-order valence-electron chi connectivity index (χ1n) is 13.3. The van der Waals surface area contributed by atoms with Crippen LogP contribution in [0, 0.1) is 17.5 Å². The second-order valence-electron chi connectivity index (χ2n) is 10.1. The highest BCUT2D eigenvalue weighted by atomic mass is 35.5. The zero-order chi connectivity index (χ0) is 29.7. The van der Waals surface area contributed by atoms with Crippen LogP contribution >= 0.6 is 11.6 Å². The van der Waals surface area contributed by atoms with E-state index in [1.54, 1.807) is 24.3 Å². The number of aromatic nitrogens is 6. The summed E-state index contributed by atoms with van der Waals surface area (Å²) in [5, 5.41) is 24.9. The minimum atomic E-state index is -1.59. The fourth-order valence-electron chi connectivity index (χ4n) is 5.42. The first kappa shape index (κ1) is 27.7. The fraction of sp³-hybridized carbons (Fsp3) is 0.241.